The van der Waals surface area contributed by atoms with Gasteiger partial charge in [-0.05, 0) is 23.0 Å². The van der Waals surface area contributed by atoms with Gasteiger partial charge in [-0.15, -0.1) is 0 Å². The molecule has 0 aliphatic carbocycles. The first-order valence-corrected chi connectivity index (χ1v) is 6.09. The van der Waals surface area contributed by atoms with E-state index in [1.165, 1.54) is 11.1 Å². The summed E-state index contributed by atoms with van der Waals surface area (Å²) >= 11 is 0. The van der Waals surface area contributed by atoms with E-state index in [1.807, 2.05) is 13.8 Å². The van der Waals surface area contributed by atoms with Gasteiger partial charge in [0.05, 0.1) is 0 Å². The molecule has 0 spiro atoms. The summed E-state index contributed by atoms with van der Waals surface area (Å²) in [6.45, 7) is 14.0. The summed E-state index contributed by atoms with van der Waals surface area (Å²) in [5.41, 5.74) is 2.32. The molecule has 1 heteroatoms. The maximum atomic E-state index is 11.4. The highest BCUT2D eigenvalue weighted by atomic mass is 16.1. The fraction of sp³-hybridized carbons (Fsp3) is 0.500. The first kappa shape index (κ1) is 14.0. The Morgan fingerprint density at radius 2 is 1.53 bits per heavy atom. The predicted molar refractivity (Wildman–Crippen MR) is 73.0 cm³/mol. The van der Waals surface area contributed by atoms with Crippen LogP contribution in [0.15, 0.2) is 24.3 Å². The molecule has 0 aromatic heterocycles. The molecule has 1 radical (unpaired) electrons. The largest absolute Gasteiger partial charge is 0.299 e. The number of Topliss-reactive ketones (excluding diaryl/α,β-unsaturated/α-hetero) is 1. The van der Waals surface area contributed by atoms with E-state index in [0.717, 1.165) is 6.42 Å². The van der Waals surface area contributed by atoms with Crippen molar-refractivity contribution in [2.75, 3.05) is 0 Å². The first-order valence-electron chi connectivity index (χ1n) is 6.09. The van der Waals surface area contributed by atoms with Crippen LogP contribution in [0.25, 0.3) is 0 Å². The number of hydrogen-bond donors (Lipinski definition) is 0. The molecule has 0 saturated heterocycles. The van der Waals surface area contributed by atoms with E-state index < -0.39 is 0 Å². The number of benzene rings is 1. The van der Waals surface area contributed by atoms with Crippen LogP contribution in [0.1, 0.15) is 45.7 Å². The SMILES string of the molecule is [CH2]C(=O)C(C)(C)Cc1ccc(C(C)(C)C)cc1. The maximum Gasteiger partial charge on any atom is 0.139 e. The second-order valence-corrected chi connectivity index (χ2v) is 6.43. The molecule has 93 valence electrons. The highest BCUT2D eigenvalue weighted by molar-refractivity contribution is 5.88. The van der Waals surface area contributed by atoms with Gasteiger partial charge in [0.15, 0.2) is 0 Å². The zero-order chi connectivity index (χ0) is 13.3. The van der Waals surface area contributed by atoms with Crippen molar-refractivity contribution in [3.05, 3.63) is 42.3 Å². The van der Waals surface area contributed by atoms with E-state index in [4.69, 9.17) is 0 Å². The first-order chi connectivity index (χ1) is 7.63. The van der Waals surface area contributed by atoms with Crippen molar-refractivity contribution in [2.45, 2.75) is 46.5 Å². The Bertz CT molecular complexity index is 391. The minimum absolute atomic E-state index is 0.00241. The molecule has 0 saturated carbocycles. The molecule has 0 bridgehead atoms. The Morgan fingerprint density at radius 3 is 1.88 bits per heavy atom. The number of rotatable bonds is 3. The fourth-order valence-electron chi connectivity index (χ4n) is 1.73. The lowest BCUT2D eigenvalue weighted by molar-refractivity contribution is -0.122. The van der Waals surface area contributed by atoms with Crippen LogP contribution in [-0.4, -0.2) is 5.78 Å². The van der Waals surface area contributed by atoms with Gasteiger partial charge in [0.25, 0.3) is 0 Å². The fourth-order valence-corrected chi connectivity index (χ4v) is 1.73. The molecule has 0 unspecified atom stereocenters. The van der Waals surface area contributed by atoms with Gasteiger partial charge in [-0.1, -0.05) is 58.9 Å². The molecule has 0 fully saturated rings. The van der Waals surface area contributed by atoms with Crippen LogP contribution in [0, 0.1) is 12.3 Å². The Morgan fingerprint density at radius 1 is 1.06 bits per heavy atom. The highest BCUT2D eigenvalue weighted by Crippen LogP contribution is 2.26. The molecule has 1 aromatic rings. The van der Waals surface area contributed by atoms with E-state index >= 15 is 0 Å². The molecule has 0 atom stereocenters. The Kier molecular flexibility index (Phi) is 3.81. The smallest absolute Gasteiger partial charge is 0.139 e. The van der Waals surface area contributed by atoms with Gasteiger partial charge in [-0.2, -0.15) is 0 Å². The van der Waals surface area contributed by atoms with Crippen molar-refractivity contribution in [2.24, 2.45) is 5.41 Å². The van der Waals surface area contributed by atoms with Crippen molar-refractivity contribution in [3.8, 4) is 0 Å². The Labute approximate surface area is 105 Å². The number of carbonyl (C=O) groups excluding carboxylic acids is 1. The van der Waals surface area contributed by atoms with Crippen molar-refractivity contribution < 1.29 is 4.79 Å². The van der Waals surface area contributed by atoms with E-state index in [-0.39, 0.29) is 16.6 Å². The standard InChI is InChI=1S/C16H23O/c1-12(17)16(5,6)11-13-7-9-14(10-8-13)15(2,3)4/h7-10H,1,11H2,2-6H3. The second-order valence-electron chi connectivity index (χ2n) is 6.43. The van der Waals surface area contributed by atoms with Gasteiger partial charge < -0.3 is 0 Å². The van der Waals surface area contributed by atoms with Gasteiger partial charge in [0, 0.05) is 12.3 Å². The lowest BCUT2D eigenvalue weighted by Gasteiger charge is -2.22. The third-order valence-electron chi connectivity index (χ3n) is 3.22. The molecule has 0 heterocycles. The van der Waals surface area contributed by atoms with E-state index in [2.05, 4.69) is 52.0 Å². The van der Waals surface area contributed by atoms with E-state index in [9.17, 15) is 4.79 Å². The normalized spacial score (nSPS) is 12.6. The molecule has 0 N–H and O–H groups in total. The van der Waals surface area contributed by atoms with Crippen LogP contribution in [0.4, 0.5) is 0 Å². The van der Waals surface area contributed by atoms with Crippen LogP contribution in [-0.2, 0) is 16.6 Å². The van der Waals surface area contributed by atoms with Gasteiger partial charge >= 0.3 is 0 Å². The van der Waals surface area contributed by atoms with Crippen LogP contribution < -0.4 is 0 Å². The summed E-state index contributed by atoms with van der Waals surface area (Å²) in [6.07, 6.45) is 0.750. The van der Waals surface area contributed by atoms with Crippen LogP contribution >= 0.6 is 0 Å². The lowest BCUT2D eigenvalue weighted by Crippen LogP contribution is -2.24. The second kappa shape index (κ2) is 4.64. The molecule has 0 aliphatic heterocycles. The van der Waals surface area contributed by atoms with Gasteiger partial charge in [-0.3, -0.25) is 4.79 Å². The third kappa shape index (κ3) is 3.69. The van der Waals surface area contributed by atoms with Crippen molar-refractivity contribution in [3.63, 3.8) is 0 Å². The number of ketones is 1. The third-order valence-corrected chi connectivity index (χ3v) is 3.22. The van der Waals surface area contributed by atoms with Crippen LogP contribution in [0.3, 0.4) is 0 Å². The molecular formula is C16H23O. The average Bonchev–Trinajstić information content (AvgIpc) is 2.16. The summed E-state index contributed by atoms with van der Waals surface area (Å²) in [5, 5.41) is 0. The van der Waals surface area contributed by atoms with Crippen LogP contribution in [0.5, 0.6) is 0 Å². The van der Waals surface area contributed by atoms with E-state index in [0.29, 0.717) is 0 Å². The summed E-state index contributed by atoms with van der Waals surface area (Å²) < 4.78 is 0. The minimum Gasteiger partial charge on any atom is -0.299 e. The zero-order valence-corrected chi connectivity index (χ0v) is 11.6. The monoisotopic (exact) mass is 231 g/mol. The molecule has 1 nitrogen and oxygen atoms in total. The summed E-state index contributed by atoms with van der Waals surface area (Å²) in [6, 6.07) is 8.54. The zero-order valence-electron chi connectivity index (χ0n) is 11.6. The minimum atomic E-state index is -0.372. The maximum absolute atomic E-state index is 11.4. The lowest BCUT2D eigenvalue weighted by atomic mass is 9.81. The van der Waals surface area contributed by atoms with E-state index in [1.54, 1.807) is 0 Å². The quantitative estimate of drug-likeness (QED) is 0.769. The van der Waals surface area contributed by atoms with Gasteiger partial charge in [0.2, 0.25) is 0 Å². The summed E-state index contributed by atoms with van der Waals surface area (Å²) in [7, 11) is 0. The molecular weight excluding hydrogens is 208 g/mol. The Balaban J connectivity index is 2.86. The predicted octanol–water partition coefficient (Wildman–Crippen LogP) is 3.96. The molecule has 17 heavy (non-hydrogen) atoms. The molecule has 1 rings (SSSR count). The van der Waals surface area contributed by atoms with Gasteiger partial charge in [0.1, 0.15) is 5.78 Å². The highest BCUT2D eigenvalue weighted by Gasteiger charge is 2.24. The summed E-state index contributed by atoms with van der Waals surface area (Å²) in [4.78, 5) is 11.4. The molecule has 0 amide bonds. The van der Waals surface area contributed by atoms with Crippen molar-refractivity contribution in [1.82, 2.24) is 0 Å². The average molecular weight is 231 g/mol. The van der Waals surface area contributed by atoms with Crippen molar-refractivity contribution >= 4 is 5.78 Å². The van der Waals surface area contributed by atoms with Gasteiger partial charge in [-0.25, -0.2) is 0 Å². The number of hydrogen-bond acceptors (Lipinski definition) is 1. The number of carbonyl (C=O) groups is 1. The molecule has 1 aromatic carbocycles. The summed E-state index contributed by atoms with van der Waals surface area (Å²) in [5.74, 6) is -0.00241. The van der Waals surface area contributed by atoms with Crippen LogP contribution in [0.2, 0.25) is 0 Å². The van der Waals surface area contributed by atoms with Crippen molar-refractivity contribution in [1.29, 1.82) is 0 Å². The topological polar surface area (TPSA) is 17.1 Å². The Hall–Kier alpha value is -1.11. The molecule has 0 aliphatic rings.